The van der Waals surface area contributed by atoms with E-state index in [1.54, 1.807) is 0 Å². The molecule has 0 amide bonds. The topological polar surface area (TPSA) is 113 Å². The Hall–Kier alpha value is -0.960. The van der Waals surface area contributed by atoms with Crippen LogP contribution in [-0.2, 0) is 9.24 Å². The molecule has 0 spiro atoms. The minimum absolute atomic E-state index is 0.712. The van der Waals surface area contributed by atoms with Crippen molar-refractivity contribution in [2.24, 2.45) is 0 Å². The smallest absolute Gasteiger partial charge is 0.258 e. The molecule has 0 bridgehead atoms. The predicted molar refractivity (Wildman–Crippen MR) is 23.9 cm³/mol. The molecule has 7 nitrogen and oxygen atoms in total. The molecule has 0 fully saturated rings. The van der Waals surface area contributed by atoms with Gasteiger partial charge in [0.15, 0.2) is 0 Å². The fourth-order valence-corrected chi connectivity index (χ4v) is 0.254. The molecule has 0 aromatic heterocycles. The van der Waals surface area contributed by atoms with Crippen LogP contribution in [0.2, 0.25) is 0 Å². The van der Waals surface area contributed by atoms with Crippen molar-refractivity contribution in [3.63, 3.8) is 0 Å². The van der Waals surface area contributed by atoms with Gasteiger partial charge in [0, 0.05) is 0 Å². The molecule has 0 aliphatic heterocycles. The minimum Gasteiger partial charge on any atom is -0.258 e. The Morgan fingerprint density at radius 2 is 2.33 bits per heavy atom. The maximum Gasteiger partial charge on any atom is 0.639 e. The van der Waals surface area contributed by atoms with E-state index in [0.29, 0.717) is 5.81 Å². The van der Waals surface area contributed by atoms with E-state index in [-0.39, 0.29) is 0 Å². The number of nitrogens with zero attached hydrogens (tertiary/aromatic N) is 2. The molecule has 0 aliphatic carbocycles. The van der Waals surface area contributed by atoms with Crippen LogP contribution in [0.5, 0.6) is 0 Å². The zero-order chi connectivity index (χ0) is 7.49. The number of rotatable bonds is 2. The molecular weight excluding hydrogens is 151 g/mol. The number of hydrogen-bond acceptors (Lipinski definition) is 6. The van der Waals surface area contributed by atoms with Gasteiger partial charge < -0.3 is 0 Å². The van der Waals surface area contributed by atoms with Gasteiger partial charge in [-0.3, -0.25) is 10.1 Å². The van der Waals surface area contributed by atoms with Crippen LogP contribution in [0.15, 0.2) is 0 Å². The highest BCUT2D eigenvalue weighted by atomic mass is 31.2. The lowest BCUT2D eigenvalue weighted by atomic mass is 11.8. The van der Waals surface area contributed by atoms with Crippen LogP contribution in [0.4, 0.5) is 0 Å². The van der Waals surface area contributed by atoms with E-state index in [0.717, 1.165) is 0 Å². The highest BCUT2D eigenvalue weighted by molar-refractivity contribution is 7.57. The molecule has 0 rings (SSSR count). The first kappa shape index (κ1) is 8.04. The molecular formula is CHN2O5P. The number of nitro groups is 1. The standard InChI is InChI=1S/CHN2O5P/c2-1-9(7,8-6)3(4)5/h6H. The SMILES string of the molecule is N#CP(=O)(OO)[N+](=O)[O-]. The molecule has 8 heteroatoms. The number of nitriles is 1. The van der Waals surface area contributed by atoms with Crippen LogP contribution in [0.3, 0.4) is 0 Å². The Morgan fingerprint density at radius 3 is 2.33 bits per heavy atom. The summed E-state index contributed by atoms with van der Waals surface area (Å²) in [6, 6.07) is 0. The largest absolute Gasteiger partial charge is 0.639 e. The van der Waals surface area contributed by atoms with Gasteiger partial charge in [-0.2, -0.15) is 9.83 Å². The van der Waals surface area contributed by atoms with Crippen LogP contribution >= 0.6 is 7.52 Å². The fourth-order valence-electron chi connectivity index (χ4n) is 0.0846. The lowest BCUT2D eigenvalue weighted by Crippen LogP contribution is -1.94. The molecule has 9 heavy (non-hydrogen) atoms. The fraction of sp³-hybridized carbons (Fsp3) is 0. The third-order valence-electron chi connectivity index (χ3n) is 0.452. The Morgan fingerprint density at radius 1 is 1.89 bits per heavy atom. The molecule has 1 unspecified atom stereocenters. The van der Waals surface area contributed by atoms with Gasteiger partial charge in [0.25, 0.3) is 0 Å². The van der Waals surface area contributed by atoms with Gasteiger partial charge in [-0.25, -0.2) is 5.26 Å². The Labute approximate surface area is 49.1 Å². The average Bonchev–Trinajstić information content (AvgIpc) is 1.86. The van der Waals surface area contributed by atoms with Gasteiger partial charge in [-0.15, -0.1) is 4.67 Å². The van der Waals surface area contributed by atoms with Gasteiger partial charge in [0.2, 0.25) is 5.81 Å². The summed E-state index contributed by atoms with van der Waals surface area (Å²) in [4.78, 5) is 9.52. The zero-order valence-corrected chi connectivity index (χ0v) is 4.82. The van der Waals surface area contributed by atoms with Gasteiger partial charge in [-0.05, 0) is 0 Å². The van der Waals surface area contributed by atoms with Crippen molar-refractivity contribution in [3.05, 3.63) is 10.1 Å². The van der Waals surface area contributed by atoms with Gasteiger partial charge in [0.1, 0.15) is 4.69 Å². The van der Waals surface area contributed by atoms with Crippen molar-refractivity contribution in [3.8, 4) is 5.81 Å². The van der Waals surface area contributed by atoms with Crippen LogP contribution in [0.25, 0.3) is 0 Å². The van der Waals surface area contributed by atoms with Gasteiger partial charge >= 0.3 is 7.52 Å². The van der Waals surface area contributed by atoms with Gasteiger partial charge in [0.05, 0.1) is 0 Å². The van der Waals surface area contributed by atoms with Crippen LogP contribution < -0.4 is 0 Å². The summed E-state index contributed by atoms with van der Waals surface area (Å²) in [6.07, 6.45) is 0. The van der Waals surface area contributed by atoms with Crippen molar-refractivity contribution in [1.29, 1.82) is 5.26 Å². The summed E-state index contributed by atoms with van der Waals surface area (Å²) in [7, 11) is -4.67. The van der Waals surface area contributed by atoms with Crippen LogP contribution in [0.1, 0.15) is 0 Å². The molecule has 0 aromatic rings. The highest BCUT2D eigenvalue weighted by Crippen LogP contribution is 2.43. The first-order valence-corrected chi connectivity index (χ1v) is 3.14. The third kappa shape index (κ3) is 1.47. The van der Waals surface area contributed by atoms with Crippen LogP contribution in [0, 0.1) is 21.2 Å². The second-order valence-corrected chi connectivity index (χ2v) is 2.67. The van der Waals surface area contributed by atoms with Crippen molar-refractivity contribution in [2.75, 3.05) is 0 Å². The lowest BCUT2D eigenvalue weighted by Gasteiger charge is -1.90. The average molecular weight is 152 g/mol. The molecule has 50 valence electrons. The summed E-state index contributed by atoms with van der Waals surface area (Å²) in [5, 5.41) is 24.8. The summed E-state index contributed by atoms with van der Waals surface area (Å²) in [6.45, 7) is 0. The first-order valence-electron chi connectivity index (χ1n) is 1.56. The van der Waals surface area contributed by atoms with Crippen molar-refractivity contribution in [1.82, 2.24) is 0 Å². The lowest BCUT2D eigenvalue weighted by molar-refractivity contribution is -0.350. The van der Waals surface area contributed by atoms with Crippen molar-refractivity contribution >= 4 is 7.52 Å². The normalized spacial score (nSPS) is 15.6. The molecule has 0 radical (unpaired) electrons. The van der Waals surface area contributed by atoms with Crippen molar-refractivity contribution in [2.45, 2.75) is 0 Å². The maximum absolute atomic E-state index is 10.1. The van der Waals surface area contributed by atoms with Crippen LogP contribution in [-0.4, -0.2) is 9.95 Å². The predicted octanol–water partition coefficient (Wildman–Crippen LogP) is 0.427. The Bertz CT molecular complexity index is 203. The Kier molecular flexibility index (Phi) is 2.28. The molecule has 0 heterocycles. The van der Waals surface area contributed by atoms with E-state index < -0.39 is 12.2 Å². The Balaban J connectivity index is 4.56. The molecule has 0 aliphatic rings. The van der Waals surface area contributed by atoms with Crippen molar-refractivity contribution < 1.29 is 19.2 Å². The minimum atomic E-state index is -4.67. The maximum atomic E-state index is 10.1. The zero-order valence-electron chi connectivity index (χ0n) is 3.92. The monoisotopic (exact) mass is 152 g/mol. The number of hydrogen-bond donors (Lipinski definition) is 1. The van der Waals surface area contributed by atoms with E-state index >= 15 is 0 Å². The molecule has 0 saturated heterocycles. The van der Waals surface area contributed by atoms with E-state index in [4.69, 9.17) is 10.5 Å². The van der Waals surface area contributed by atoms with Gasteiger partial charge in [-0.1, -0.05) is 0 Å². The van der Waals surface area contributed by atoms with E-state index in [1.807, 2.05) is 0 Å². The quantitative estimate of drug-likeness (QED) is 0.265. The summed E-state index contributed by atoms with van der Waals surface area (Å²) in [5.41, 5.74) is 0. The third-order valence-corrected chi connectivity index (χ3v) is 1.36. The van der Waals surface area contributed by atoms with E-state index in [2.05, 4.69) is 4.67 Å². The molecule has 0 aromatic carbocycles. The molecule has 1 N–H and O–H groups in total. The summed E-state index contributed by atoms with van der Waals surface area (Å²) < 4.78 is 11.5. The second kappa shape index (κ2) is 2.55. The summed E-state index contributed by atoms with van der Waals surface area (Å²) in [5.74, 6) is 0.712. The summed E-state index contributed by atoms with van der Waals surface area (Å²) >= 11 is 0. The first-order chi connectivity index (χ1) is 4.06. The molecule has 0 saturated carbocycles. The van der Waals surface area contributed by atoms with E-state index in [1.165, 1.54) is 0 Å². The highest BCUT2D eigenvalue weighted by Gasteiger charge is 2.39. The van der Waals surface area contributed by atoms with E-state index in [9.17, 15) is 14.7 Å². The second-order valence-electron chi connectivity index (χ2n) is 0.940. The molecule has 1 atom stereocenters.